The number of carbonyl (C=O) groups excluding carboxylic acids is 2. The lowest BCUT2D eigenvalue weighted by Crippen LogP contribution is -2.62. The first-order valence-electron chi connectivity index (χ1n) is 10.1. The molecule has 5 nitrogen and oxygen atoms in total. The summed E-state index contributed by atoms with van der Waals surface area (Å²) in [4.78, 5) is 24.5. The van der Waals surface area contributed by atoms with Crippen LogP contribution in [0.4, 0.5) is 0 Å². The Hall–Kier alpha value is -1.30. The van der Waals surface area contributed by atoms with Crippen LogP contribution in [0.3, 0.4) is 0 Å². The third kappa shape index (κ3) is 1.73. The largest absolute Gasteiger partial charge is 0.388 e. The molecule has 0 amide bonds. The highest BCUT2D eigenvalue weighted by molar-refractivity contribution is 6.01. The Bertz CT molecular complexity index is 814. The van der Waals surface area contributed by atoms with Gasteiger partial charge in [0.05, 0.1) is 6.10 Å². The van der Waals surface area contributed by atoms with E-state index in [4.69, 9.17) is 4.74 Å². The van der Waals surface area contributed by atoms with Crippen LogP contribution in [0.15, 0.2) is 23.8 Å². The highest BCUT2D eigenvalue weighted by Crippen LogP contribution is 2.76. The zero-order valence-corrected chi connectivity index (χ0v) is 16.2. The van der Waals surface area contributed by atoms with E-state index in [9.17, 15) is 19.8 Å². The second-order valence-corrected chi connectivity index (χ2v) is 9.86. The maximum atomic E-state index is 12.6. The van der Waals surface area contributed by atoms with Crippen molar-refractivity contribution in [1.82, 2.24) is 0 Å². The van der Waals surface area contributed by atoms with E-state index in [-0.39, 0.29) is 40.7 Å². The first-order valence-corrected chi connectivity index (χ1v) is 10.1. The molecular weight excluding hydrogens is 344 g/mol. The van der Waals surface area contributed by atoms with E-state index >= 15 is 0 Å². The van der Waals surface area contributed by atoms with Crippen molar-refractivity contribution in [2.24, 2.45) is 28.6 Å². The Kier molecular flexibility index (Phi) is 3.29. The molecule has 0 bridgehead atoms. The number of hydrogen-bond donors (Lipinski definition) is 2. The zero-order chi connectivity index (χ0) is 19.4. The van der Waals surface area contributed by atoms with Crippen LogP contribution in [0.2, 0.25) is 0 Å². The summed E-state index contributed by atoms with van der Waals surface area (Å²) in [5.74, 6) is -0.193. The van der Waals surface area contributed by atoms with E-state index in [1.807, 2.05) is 19.9 Å². The average molecular weight is 372 g/mol. The Labute approximate surface area is 159 Å². The van der Waals surface area contributed by atoms with E-state index < -0.39 is 23.4 Å². The number of ether oxygens (including phenoxy) is 1. The molecule has 1 saturated heterocycles. The fourth-order valence-corrected chi connectivity index (χ4v) is 7.70. The number of rotatable bonds is 2. The molecule has 4 aliphatic carbocycles. The average Bonchev–Trinajstić information content (AvgIpc) is 3.31. The topological polar surface area (TPSA) is 87.1 Å². The van der Waals surface area contributed by atoms with Crippen molar-refractivity contribution in [1.29, 1.82) is 0 Å². The number of hydrogen-bond acceptors (Lipinski definition) is 5. The summed E-state index contributed by atoms with van der Waals surface area (Å²) in [6, 6.07) is 0. The van der Waals surface area contributed by atoms with Crippen molar-refractivity contribution in [2.45, 2.75) is 63.8 Å². The molecule has 4 fully saturated rings. The Morgan fingerprint density at radius 3 is 2.78 bits per heavy atom. The van der Waals surface area contributed by atoms with Gasteiger partial charge in [0, 0.05) is 10.8 Å². The molecule has 5 heteroatoms. The third-order valence-electron chi connectivity index (χ3n) is 9.08. The molecule has 0 aromatic carbocycles. The second kappa shape index (κ2) is 5.00. The predicted molar refractivity (Wildman–Crippen MR) is 97.7 cm³/mol. The number of fused-ring (bicyclic) bond motifs is 3. The van der Waals surface area contributed by atoms with Crippen LogP contribution in [-0.4, -0.2) is 45.7 Å². The fourth-order valence-electron chi connectivity index (χ4n) is 7.70. The van der Waals surface area contributed by atoms with Gasteiger partial charge in [0.25, 0.3) is 0 Å². The van der Waals surface area contributed by atoms with Gasteiger partial charge in [0.15, 0.2) is 11.6 Å². The van der Waals surface area contributed by atoms with Gasteiger partial charge in [-0.05, 0) is 62.5 Å². The molecule has 0 aromatic heterocycles. The van der Waals surface area contributed by atoms with E-state index in [1.54, 1.807) is 12.2 Å². The maximum Gasteiger partial charge on any atom is 0.190 e. The number of allylic oxidation sites excluding steroid dienone is 2. The maximum absolute atomic E-state index is 12.6. The van der Waals surface area contributed by atoms with Crippen LogP contribution >= 0.6 is 0 Å². The first-order chi connectivity index (χ1) is 12.6. The van der Waals surface area contributed by atoms with Gasteiger partial charge in [-0.15, -0.1) is 0 Å². The summed E-state index contributed by atoms with van der Waals surface area (Å²) in [5, 5.41) is 21.0. The summed E-state index contributed by atoms with van der Waals surface area (Å²) < 4.78 is 6.43. The van der Waals surface area contributed by atoms with Gasteiger partial charge in [0.1, 0.15) is 17.8 Å². The van der Waals surface area contributed by atoms with Crippen LogP contribution in [0.1, 0.15) is 46.5 Å². The minimum Gasteiger partial charge on any atom is -0.388 e. The summed E-state index contributed by atoms with van der Waals surface area (Å²) in [5.41, 5.74) is -1.55. The number of aliphatic hydroxyl groups is 2. The summed E-state index contributed by atoms with van der Waals surface area (Å²) in [7, 11) is 0. The molecular formula is C22H28O5. The van der Waals surface area contributed by atoms with Gasteiger partial charge in [-0.2, -0.15) is 0 Å². The van der Waals surface area contributed by atoms with Gasteiger partial charge in [-0.25, -0.2) is 0 Å². The monoisotopic (exact) mass is 372 g/mol. The number of epoxide rings is 1. The summed E-state index contributed by atoms with van der Waals surface area (Å²) >= 11 is 0. The number of aliphatic hydroxyl groups excluding tert-OH is 1. The van der Waals surface area contributed by atoms with Gasteiger partial charge in [-0.3, -0.25) is 9.59 Å². The minimum absolute atomic E-state index is 0.0291. The van der Waals surface area contributed by atoms with Crippen molar-refractivity contribution in [3.63, 3.8) is 0 Å². The molecule has 27 heavy (non-hydrogen) atoms. The molecule has 1 aliphatic heterocycles. The molecule has 3 saturated carbocycles. The molecule has 0 aromatic rings. The standard InChI is InChI=1S/C22H28O5/c1-12-8-16-15-5-4-13-9-14(24)6-7-19(13,2)22(15)18(27-22)10-20(16,3)21(12,26)17(25)11-23/h6-7,9,12,15-16,18,23,26H,4-5,8,10-11H2,1-3H3/t12-,15?,16?,18?,19?,20?,21+,22?/m1/s1. The second-order valence-electron chi connectivity index (χ2n) is 9.86. The Morgan fingerprint density at radius 1 is 1.33 bits per heavy atom. The Balaban J connectivity index is 1.60. The summed E-state index contributed by atoms with van der Waals surface area (Å²) in [6.45, 7) is 5.51. The lowest BCUT2D eigenvalue weighted by atomic mass is 9.46. The molecule has 146 valence electrons. The van der Waals surface area contributed by atoms with Gasteiger partial charge in [-0.1, -0.05) is 25.5 Å². The lowest BCUT2D eigenvalue weighted by molar-refractivity contribution is -0.165. The van der Waals surface area contributed by atoms with E-state index in [2.05, 4.69) is 6.92 Å². The van der Waals surface area contributed by atoms with E-state index in [0.717, 1.165) is 24.8 Å². The van der Waals surface area contributed by atoms with Crippen LogP contribution < -0.4 is 0 Å². The normalized spacial score (nSPS) is 55.1. The molecule has 1 spiro atoms. The van der Waals surface area contributed by atoms with Gasteiger partial charge < -0.3 is 14.9 Å². The Morgan fingerprint density at radius 2 is 2.07 bits per heavy atom. The van der Waals surface area contributed by atoms with Crippen molar-refractivity contribution in [3.05, 3.63) is 23.8 Å². The zero-order valence-electron chi connectivity index (χ0n) is 16.2. The molecule has 6 unspecified atom stereocenters. The number of ketones is 2. The van der Waals surface area contributed by atoms with Crippen LogP contribution in [0.5, 0.6) is 0 Å². The van der Waals surface area contributed by atoms with E-state index in [1.165, 1.54) is 0 Å². The molecule has 5 aliphatic rings. The smallest absolute Gasteiger partial charge is 0.190 e. The highest BCUT2D eigenvalue weighted by atomic mass is 16.6. The molecule has 1 heterocycles. The number of carbonyl (C=O) groups is 2. The third-order valence-corrected chi connectivity index (χ3v) is 9.08. The molecule has 0 radical (unpaired) electrons. The van der Waals surface area contributed by atoms with Crippen LogP contribution in [0.25, 0.3) is 0 Å². The lowest BCUT2D eigenvalue weighted by Gasteiger charge is -2.55. The molecule has 2 N–H and O–H groups in total. The molecule has 5 rings (SSSR count). The fraction of sp³-hybridized carbons (Fsp3) is 0.727. The van der Waals surface area contributed by atoms with Crippen LogP contribution in [-0.2, 0) is 14.3 Å². The molecule has 8 atom stereocenters. The highest BCUT2D eigenvalue weighted by Gasteiger charge is 2.81. The van der Waals surface area contributed by atoms with E-state index in [0.29, 0.717) is 6.42 Å². The SMILES string of the molecule is C[C@@H]1CC2C3CCC4=CC(=O)C=CC4(C)C34OC4CC2(C)[C@@]1(O)C(=O)CO. The van der Waals surface area contributed by atoms with Crippen molar-refractivity contribution >= 4 is 11.6 Å². The van der Waals surface area contributed by atoms with Crippen LogP contribution in [0, 0.1) is 28.6 Å². The van der Waals surface area contributed by atoms with Crippen molar-refractivity contribution in [3.8, 4) is 0 Å². The van der Waals surface area contributed by atoms with Crippen molar-refractivity contribution < 1.29 is 24.5 Å². The quantitative estimate of drug-likeness (QED) is 0.724. The predicted octanol–water partition coefficient (Wildman–Crippen LogP) is 1.96. The minimum atomic E-state index is -1.50. The number of Topliss-reactive ketones (excluding diaryl/α,β-unsaturated/α-hetero) is 1. The summed E-state index contributed by atoms with van der Waals surface area (Å²) in [6.07, 6.45) is 8.58. The van der Waals surface area contributed by atoms with Gasteiger partial charge >= 0.3 is 0 Å². The van der Waals surface area contributed by atoms with Crippen molar-refractivity contribution in [2.75, 3.05) is 6.61 Å². The van der Waals surface area contributed by atoms with Gasteiger partial charge in [0.2, 0.25) is 0 Å². The first kappa shape index (κ1) is 17.8.